The van der Waals surface area contributed by atoms with Crippen LogP contribution in [-0.2, 0) is 20.7 Å². The fourth-order valence-electron chi connectivity index (χ4n) is 3.13. The predicted octanol–water partition coefficient (Wildman–Crippen LogP) is 5.59. The average Bonchev–Trinajstić information content (AvgIpc) is 2.94. The number of amides is 1. The molecule has 0 aliphatic carbocycles. The second-order valence-electron chi connectivity index (χ2n) is 8.68. The SMILES string of the molecule is Cc1c(Cl)cccc1C=C(CNC(=O)OCc1ccccc1)B1OC(C)(C)C(C)(C)O1. The molecule has 1 N–H and O–H groups in total. The van der Waals surface area contributed by atoms with Crippen molar-refractivity contribution in [3.8, 4) is 0 Å². The van der Waals surface area contributed by atoms with Crippen molar-refractivity contribution in [2.75, 3.05) is 6.54 Å². The Morgan fingerprint density at radius 2 is 1.71 bits per heavy atom. The first-order valence-corrected chi connectivity index (χ1v) is 10.7. The van der Waals surface area contributed by atoms with Gasteiger partial charge in [0.1, 0.15) is 6.61 Å². The van der Waals surface area contributed by atoms with Gasteiger partial charge in [0.05, 0.1) is 11.2 Å². The van der Waals surface area contributed by atoms with Crippen molar-refractivity contribution >= 4 is 30.9 Å². The van der Waals surface area contributed by atoms with Crippen LogP contribution < -0.4 is 5.32 Å². The van der Waals surface area contributed by atoms with Gasteiger partial charge in [0.15, 0.2) is 0 Å². The molecule has 3 rings (SSSR count). The van der Waals surface area contributed by atoms with Gasteiger partial charge in [-0.05, 0) is 62.8 Å². The number of carbonyl (C=O) groups excluding carboxylic acids is 1. The first kappa shape index (κ1) is 23.4. The zero-order chi connectivity index (χ0) is 22.6. The van der Waals surface area contributed by atoms with E-state index in [0.29, 0.717) is 5.02 Å². The Morgan fingerprint density at radius 3 is 2.35 bits per heavy atom. The van der Waals surface area contributed by atoms with E-state index in [0.717, 1.165) is 22.2 Å². The van der Waals surface area contributed by atoms with Gasteiger partial charge in [0, 0.05) is 11.6 Å². The minimum Gasteiger partial charge on any atom is -0.445 e. The number of hydrogen-bond acceptors (Lipinski definition) is 4. The molecule has 7 heteroatoms. The number of benzene rings is 2. The smallest absolute Gasteiger partial charge is 0.445 e. The van der Waals surface area contributed by atoms with Crippen LogP contribution in [0.5, 0.6) is 0 Å². The van der Waals surface area contributed by atoms with Crippen LogP contribution >= 0.6 is 11.6 Å². The topological polar surface area (TPSA) is 56.8 Å². The second kappa shape index (κ2) is 9.47. The van der Waals surface area contributed by atoms with Crippen LogP contribution in [0.3, 0.4) is 0 Å². The maximum absolute atomic E-state index is 12.3. The molecule has 0 saturated carbocycles. The van der Waals surface area contributed by atoms with E-state index in [9.17, 15) is 4.79 Å². The highest BCUT2D eigenvalue weighted by Gasteiger charge is 2.52. The van der Waals surface area contributed by atoms with Crippen LogP contribution in [0.15, 0.2) is 54.0 Å². The van der Waals surface area contributed by atoms with Gasteiger partial charge < -0.3 is 19.4 Å². The fourth-order valence-corrected chi connectivity index (χ4v) is 3.31. The summed E-state index contributed by atoms with van der Waals surface area (Å²) in [7, 11) is -0.599. The average molecular weight is 442 g/mol. The third-order valence-corrected chi connectivity index (χ3v) is 6.27. The van der Waals surface area contributed by atoms with E-state index < -0.39 is 24.4 Å². The van der Waals surface area contributed by atoms with Crippen LogP contribution in [0.2, 0.25) is 5.02 Å². The summed E-state index contributed by atoms with van der Waals surface area (Å²) < 4.78 is 17.8. The molecule has 2 aromatic rings. The molecule has 1 aliphatic heterocycles. The summed E-state index contributed by atoms with van der Waals surface area (Å²) in [5, 5.41) is 3.49. The summed E-state index contributed by atoms with van der Waals surface area (Å²) in [6.07, 6.45) is 1.45. The molecule has 1 heterocycles. The van der Waals surface area contributed by atoms with Gasteiger partial charge in [0.2, 0.25) is 0 Å². The van der Waals surface area contributed by atoms with Gasteiger partial charge in [-0.25, -0.2) is 4.79 Å². The Hall–Kier alpha value is -2.28. The van der Waals surface area contributed by atoms with E-state index in [1.807, 2.05) is 89.2 Å². The first-order valence-electron chi connectivity index (χ1n) is 10.3. The quantitative estimate of drug-likeness (QED) is 0.594. The molecule has 31 heavy (non-hydrogen) atoms. The van der Waals surface area contributed by atoms with E-state index >= 15 is 0 Å². The Bertz CT molecular complexity index is 943. The highest BCUT2D eigenvalue weighted by molar-refractivity contribution is 6.56. The van der Waals surface area contributed by atoms with Crippen molar-refractivity contribution in [1.82, 2.24) is 5.32 Å². The van der Waals surface area contributed by atoms with Gasteiger partial charge >= 0.3 is 13.2 Å². The van der Waals surface area contributed by atoms with Gasteiger partial charge in [-0.3, -0.25) is 0 Å². The Morgan fingerprint density at radius 1 is 1.06 bits per heavy atom. The van der Waals surface area contributed by atoms with E-state index in [2.05, 4.69) is 5.32 Å². The predicted molar refractivity (Wildman–Crippen MR) is 125 cm³/mol. The molecule has 0 radical (unpaired) electrons. The van der Waals surface area contributed by atoms with Gasteiger partial charge in [-0.1, -0.05) is 60.1 Å². The molecule has 2 aromatic carbocycles. The van der Waals surface area contributed by atoms with Gasteiger partial charge in [0.25, 0.3) is 0 Å². The second-order valence-corrected chi connectivity index (χ2v) is 9.08. The number of carbonyl (C=O) groups is 1. The van der Waals surface area contributed by atoms with Crippen molar-refractivity contribution in [1.29, 1.82) is 0 Å². The highest BCUT2D eigenvalue weighted by atomic mass is 35.5. The van der Waals surface area contributed by atoms with E-state index in [4.69, 9.17) is 25.6 Å². The van der Waals surface area contributed by atoms with E-state index in [1.54, 1.807) is 0 Å². The van der Waals surface area contributed by atoms with E-state index in [1.165, 1.54) is 0 Å². The molecule has 0 unspecified atom stereocenters. The third-order valence-electron chi connectivity index (χ3n) is 5.86. The number of nitrogens with one attached hydrogen (secondary N) is 1. The first-order chi connectivity index (χ1) is 14.6. The Balaban J connectivity index is 1.75. The van der Waals surface area contributed by atoms with Crippen molar-refractivity contribution < 1.29 is 18.8 Å². The lowest BCUT2D eigenvalue weighted by Crippen LogP contribution is -2.41. The van der Waals surface area contributed by atoms with Crippen molar-refractivity contribution in [2.24, 2.45) is 0 Å². The maximum Gasteiger partial charge on any atom is 0.492 e. The summed E-state index contributed by atoms with van der Waals surface area (Å²) in [5.74, 6) is 0. The molecule has 164 valence electrons. The molecule has 0 bridgehead atoms. The molecular formula is C24H29BClNO4. The zero-order valence-electron chi connectivity index (χ0n) is 18.7. The molecule has 1 saturated heterocycles. The van der Waals surface area contributed by atoms with Gasteiger partial charge in [-0.15, -0.1) is 0 Å². The van der Waals surface area contributed by atoms with Crippen LogP contribution in [0.4, 0.5) is 4.79 Å². The summed E-state index contributed by atoms with van der Waals surface area (Å²) in [6.45, 7) is 10.4. The third kappa shape index (κ3) is 5.70. The molecule has 0 atom stereocenters. The molecule has 0 aromatic heterocycles. The lowest BCUT2D eigenvalue weighted by atomic mass is 9.76. The number of halogens is 1. The summed E-state index contributed by atoms with van der Waals surface area (Å²) in [4.78, 5) is 12.3. The summed E-state index contributed by atoms with van der Waals surface area (Å²) in [6, 6.07) is 15.3. The number of rotatable bonds is 6. The van der Waals surface area contributed by atoms with Crippen LogP contribution in [0.1, 0.15) is 44.4 Å². The molecule has 1 amide bonds. The zero-order valence-corrected chi connectivity index (χ0v) is 19.5. The van der Waals surface area contributed by atoms with Crippen molar-refractivity contribution in [3.05, 3.63) is 75.7 Å². The number of alkyl carbamates (subject to hydrolysis) is 1. The Kier molecular flexibility index (Phi) is 7.15. The van der Waals surface area contributed by atoms with Crippen molar-refractivity contribution in [3.63, 3.8) is 0 Å². The monoisotopic (exact) mass is 441 g/mol. The highest BCUT2D eigenvalue weighted by Crippen LogP contribution is 2.39. The van der Waals surface area contributed by atoms with Crippen LogP contribution in [-0.4, -0.2) is 31.0 Å². The van der Waals surface area contributed by atoms with Gasteiger partial charge in [-0.2, -0.15) is 0 Å². The lowest BCUT2D eigenvalue weighted by Gasteiger charge is -2.32. The molecule has 0 spiro atoms. The van der Waals surface area contributed by atoms with Crippen LogP contribution in [0.25, 0.3) is 6.08 Å². The minimum atomic E-state index is -0.599. The molecule has 1 fully saturated rings. The molecular weight excluding hydrogens is 413 g/mol. The normalized spacial score (nSPS) is 17.5. The molecule has 1 aliphatic rings. The number of hydrogen-bond donors (Lipinski definition) is 1. The lowest BCUT2D eigenvalue weighted by molar-refractivity contribution is 0.00578. The van der Waals surface area contributed by atoms with Crippen molar-refractivity contribution in [2.45, 2.75) is 52.4 Å². The van der Waals surface area contributed by atoms with Crippen LogP contribution in [0, 0.1) is 6.92 Å². The Labute approximate surface area is 189 Å². The fraction of sp³-hybridized carbons (Fsp3) is 0.375. The largest absolute Gasteiger partial charge is 0.492 e. The molecule has 5 nitrogen and oxygen atoms in total. The maximum atomic E-state index is 12.3. The minimum absolute atomic E-state index is 0.204. The summed E-state index contributed by atoms with van der Waals surface area (Å²) in [5.41, 5.74) is 2.61. The summed E-state index contributed by atoms with van der Waals surface area (Å²) >= 11 is 6.29. The standard InChI is InChI=1S/C24H29BClNO4/c1-17-19(12-9-13-21(17)26)14-20(25-30-23(2,3)24(4,5)31-25)15-27-22(28)29-16-18-10-7-6-8-11-18/h6-14H,15-16H2,1-5H3,(H,27,28). The number of ether oxygens (including phenoxy) is 1. The van der Waals surface area contributed by atoms with E-state index in [-0.39, 0.29) is 13.2 Å².